The van der Waals surface area contributed by atoms with Gasteiger partial charge in [-0.25, -0.2) is 4.79 Å². The van der Waals surface area contributed by atoms with E-state index in [2.05, 4.69) is 5.32 Å². The molecule has 1 saturated heterocycles. The van der Waals surface area contributed by atoms with Crippen molar-refractivity contribution in [2.75, 3.05) is 45.8 Å². The van der Waals surface area contributed by atoms with E-state index in [-0.39, 0.29) is 11.9 Å². The smallest absolute Gasteiger partial charge is 0.320 e. The summed E-state index contributed by atoms with van der Waals surface area (Å²) >= 11 is 0. The van der Waals surface area contributed by atoms with Crippen LogP contribution in [0.2, 0.25) is 0 Å². The zero-order chi connectivity index (χ0) is 15.1. The van der Waals surface area contributed by atoms with Crippen LogP contribution in [-0.2, 0) is 4.79 Å². The Morgan fingerprint density at radius 2 is 1.55 bits per heavy atom. The predicted octanol–water partition coefficient (Wildman–Crippen LogP) is 0.590. The Kier molecular flexibility index (Phi) is 6.78. The Labute approximate surface area is 122 Å². The van der Waals surface area contributed by atoms with Gasteiger partial charge < -0.3 is 20.0 Å². The van der Waals surface area contributed by atoms with Crippen LogP contribution >= 0.6 is 0 Å². The minimum absolute atomic E-state index is 0.0856. The molecule has 0 aromatic rings. The second-order valence-corrected chi connectivity index (χ2v) is 5.36. The highest BCUT2D eigenvalue weighted by molar-refractivity contribution is 5.79. The van der Waals surface area contributed by atoms with E-state index in [4.69, 9.17) is 0 Å². The Balaban J connectivity index is 2.39. The lowest BCUT2D eigenvalue weighted by Crippen LogP contribution is -2.55. The first-order valence-electron chi connectivity index (χ1n) is 7.54. The lowest BCUT2D eigenvalue weighted by atomic mass is 10.3. The molecule has 0 saturated carbocycles. The van der Waals surface area contributed by atoms with E-state index in [1.807, 2.05) is 42.4 Å². The van der Waals surface area contributed by atoms with Gasteiger partial charge in [-0.3, -0.25) is 4.79 Å². The Morgan fingerprint density at radius 3 is 2.00 bits per heavy atom. The molecule has 0 bridgehead atoms. The average molecular weight is 284 g/mol. The van der Waals surface area contributed by atoms with Gasteiger partial charge in [0.1, 0.15) is 0 Å². The fraction of sp³-hybridized carbons (Fsp3) is 0.857. The highest BCUT2D eigenvalue weighted by atomic mass is 16.2. The summed E-state index contributed by atoms with van der Waals surface area (Å²) in [6.07, 6.45) is 0. The summed E-state index contributed by atoms with van der Waals surface area (Å²) in [7, 11) is 0. The maximum absolute atomic E-state index is 12.2. The van der Waals surface area contributed by atoms with Gasteiger partial charge in [0, 0.05) is 45.3 Å². The highest BCUT2D eigenvalue weighted by Gasteiger charge is 2.25. The molecular formula is C14H28N4O2. The van der Waals surface area contributed by atoms with Crippen molar-refractivity contribution in [3.63, 3.8) is 0 Å². The van der Waals surface area contributed by atoms with Gasteiger partial charge in [-0.2, -0.15) is 0 Å². The van der Waals surface area contributed by atoms with Crippen molar-refractivity contribution in [3.8, 4) is 0 Å². The minimum atomic E-state index is 0.0856. The van der Waals surface area contributed by atoms with Crippen LogP contribution in [0.1, 0.15) is 27.7 Å². The quantitative estimate of drug-likeness (QED) is 0.804. The molecule has 1 aliphatic heterocycles. The molecule has 20 heavy (non-hydrogen) atoms. The van der Waals surface area contributed by atoms with E-state index in [0.29, 0.717) is 38.8 Å². The van der Waals surface area contributed by atoms with Crippen LogP contribution in [0, 0.1) is 0 Å². The molecule has 0 radical (unpaired) electrons. The van der Waals surface area contributed by atoms with Crippen LogP contribution in [0.5, 0.6) is 0 Å². The molecule has 6 nitrogen and oxygen atoms in total. The van der Waals surface area contributed by atoms with Crippen molar-refractivity contribution in [3.05, 3.63) is 0 Å². The third-order valence-electron chi connectivity index (χ3n) is 3.60. The second-order valence-electron chi connectivity index (χ2n) is 5.36. The molecule has 3 amide bonds. The topological polar surface area (TPSA) is 55.9 Å². The van der Waals surface area contributed by atoms with Crippen molar-refractivity contribution < 1.29 is 9.59 Å². The van der Waals surface area contributed by atoms with Crippen molar-refractivity contribution in [1.29, 1.82) is 0 Å². The van der Waals surface area contributed by atoms with E-state index < -0.39 is 0 Å². The molecule has 116 valence electrons. The molecule has 0 aromatic carbocycles. The monoisotopic (exact) mass is 284 g/mol. The lowest BCUT2D eigenvalue weighted by Gasteiger charge is -2.37. The fourth-order valence-electron chi connectivity index (χ4n) is 2.24. The van der Waals surface area contributed by atoms with Crippen LogP contribution in [0.3, 0.4) is 0 Å². The molecule has 1 fully saturated rings. The Hall–Kier alpha value is -1.30. The fourth-order valence-corrected chi connectivity index (χ4v) is 2.24. The molecule has 0 spiro atoms. The first-order chi connectivity index (χ1) is 9.49. The molecule has 0 atom stereocenters. The number of rotatable bonds is 5. The first kappa shape index (κ1) is 16.8. The summed E-state index contributed by atoms with van der Waals surface area (Å²) < 4.78 is 0. The molecule has 0 aromatic heterocycles. The average Bonchev–Trinajstić information content (AvgIpc) is 2.46. The molecule has 6 heteroatoms. The van der Waals surface area contributed by atoms with Gasteiger partial charge in [0.05, 0.1) is 6.54 Å². The van der Waals surface area contributed by atoms with Crippen LogP contribution < -0.4 is 5.32 Å². The number of urea groups is 1. The van der Waals surface area contributed by atoms with Crippen molar-refractivity contribution in [1.82, 2.24) is 20.0 Å². The molecule has 0 aliphatic carbocycles. The summed E-state index contributed by atoms with van der Waals surface area (Å²) in [5, 5.41) is 3.13. The Bertz CT molecular complexity index is 321. The minimum Gasteiger partial charge on any atom is -0.338 e. The van der Waals surface area contributed by atoms with Crippen LogP contribution in [0.4, 0.5) is 4.79 Å². The van der Waals surface area contributed by atoms with E-state index in [1.54, 1.807) is 0 Å². The summed E-state index contributed by atoms with van der Waals surface area (Å²) in [5.74, 6) is 0.119. The third kappa shape index (κ3) is 4.67. The number of amides is 3. The van der Waals surface area contributed by atoms with E-state index in [1.165, 1.54) is 0 Å². The highest BCUT2D eigenvalue weighted by Crippen LogP contribution is 2.06. The van der Waals surface area contributed by atoms with Crippen LogP contribution in [0.25, 0.3) is 0 Å². The van der Waals surface area contributed by atoms with E-state index in [9.17, 15) is 9.59 Å². The van der Waals surface area contributed by atoms with Crippen LogP contribution in [0.15, 0.2) is 0 Å². The zero-order valence-electron chi connectivity index (χ0n) is 13.2. The molecule has 1 heterocycles. The predicted molar refractivity (Wildman–Crippen MR) is 79.6 cm³/mol. The molecule has 1 rings (SSSR count). The number of piperazine rings is 1. The lowest BCUT2D eigenvalue weighted by molar-refractivity contribution is -0.131. The normalized spacial score (nSPS) is 15.7. The van der Waals surface area contributed by atoms with Crippen LogP contribution in [-0.4, -0.2) is 78.5 Å². The molecular weight excluding hydrogens is 256 g/mol. The molecule has 1 aliphatic rings. The summed E-state index contributed by atoms with van der Waals surface area (Å²) in [6, 6.07) is 0.395. The summed E-state index contributed by atoms with van der Waals surface area (Å²) in [6.45, 7) is 12.4. The van der Waals surface area contributed by atoms with Gasteiger partial charge in [-0.15, -0.1) is 0 Å². The van der Waals surface area contributed by atoms with Gasteiger partial charge in [-0.05, 0) is 13.8 Å². The summed E-state index contributed by atoms with van der Waals surface area (Å²) in [4.78, 5) is 29.7. The molecule has 1 N–H and O–H groups in total. The first-order valence-corrected chi connectivity index (χ1v) is 7.54. The number of nitrogens with zero attached hydrogens (tertiary/aromatic N) is 3. The van der Waals surface area contributed by atoms with Crippen molar-refractivity contribution in [2.45, 2.75) is 33.7 Å². The van der Waals surface area contributed by atoms with Gasteiger partial charge in [-0.1, -0.05) is 13.8 Å². The van der Waals surface area contributed by atoms with E-state index >= 15 is 0 Å². The van der Waals surface area contributed by atoms with Gasteiger partial charge in [0.2, 0.25) is 5.91 Å². The maximum Gasteiger partial charge on any atom is 0.320 e. The number of hydrogen-bond acceptors (Lipinski definition) is 3. The number of hydrogen-bond donors (Lipinski definition) is 1. The number of nitrogens with one attached hydrogen (secondary N) is 1. The van der Waals surface area contributed by atoms with Gasteiger partial charge in [0.25, 0.3) is 0 Å². The van der Waals surface area contributed by atoms with Gasteiger partial charge in [0.15, 0.2) is 0 Å². The van der Waals surface area contributed by atoms with E-state index in [0.717, 1.165) is 13.1 Å². The summed E-state index contributed by atoms with van der Waals surface area (Å²) in [5.41, 5.74) is 0. The van der Waals surface area contributed by atoms with Gasteiger partial charge >= 0.3 is 6.03 Å². The largest absolute Gasteiger partial charge is 0.338 e. The maximum atomic E-state index is 12.2. The zero-order valence-corrected chi connectivity index (χ0v) is 13.2. The SMILES string of the molecule is CCN(CC)C(=O)N1CCN(C(=O)CNC(C)C)CC1. The number of carbonyl (C=O) groups is 2. The number of carbonyl (C=O) groups excluding carboxylic acids is 2. The third-order valence-corrected chi connectivity index (χ3v) is 3.60. The molecule has 0 unspecified atom stereocenters. The second kappa shape index (κ2) is 8.09. The van der Waals surface area contributed by atoms with Crippen molar-refractivity contribution >= 4 is 11.9 Å². The Morgan fingerprint density at radius 1 is 1.05 bits per heavy atom. The van der Waals surface area contributed by atoms with Crippen molar-refractivity contribution in [2.24, 2.45) is 0 Å². The standard InChI is InChI=1S/C14H28N4O2/c1-5-16(6-2)14(20)18-9-7-17(8-10-18)13(19)11-15-12(3)4/h12,15H,5-11H2,1-4H3.